The van der Waals surface area contributed by atoms with Crippen LogP contribution in [-0.2, 0) is 6.42 Å². The number of nitrogens with one attached hydrogen (secondary N) is 1. The summed E-state index contributed by atoms with van der Waals surface area (Å²) < 4.78 is 5.23. The van der Waals surface area contributed by atoms with Crippen molar-refractivity contribution in [3.8, 4) is 5.75 Å². The predicted octanol–water partition coefficient (Wildman–Crippen LogP) is 4.12. The van der Waals surface area contributed by atoms with E-state index >= 15 is 0 Å². The fourth-order valence-corrected chi connectivity index (χ4v) is 5.00. The summed E-state index contributed by atoms with van der Waals surface area (Å²) in [5.74, 6) is 2.51. The number of anilines is 3. The maximum absolute atomic E-state index is 12.8. The molecule has 32 heavy (non-hydrogen) atoms. The number of aromatic nitrogens is 2. The molecule has 1 saturated heterocycles. The molecule has 8 nitrogen and oxygen atoms in total. The molecule has 0 atom stereocenters. The Hall–Kier alpha value is -2.78. The summed E-state index contributed by atoms with van der Waals surface area (Å²) in [5, 5.41) is 6.19. The Morgan fingerprint density at radius 2 is 2.06 bits per heavy atom. The number of benzene rings is 1. The molecule has 1 aliphatic heterocycles. The van der Waals surface area contributed by atoms with E-state index in [9.17, 15) is 4.79 Å². The highest BCUT2D eigenvalue weighted by molar-refractivity contribution is 7.17. The number of halogens is 1. The highest BCUT2D eigenvalue weighted by Crippen LogP contribution is 2.34. The zero-order valence-corrected chi connectivity index (χ0v) is 19.8. The lowest BCUT2D eigenvalue weighted by Gasteiger charge is -2.35. The third-order valence-corrected chi connectivity index (χ3v) is 6.82. The fourth-order valence-electron chi connectivity index (χ4n) is 3.89. The maximum atomic E-state index is 12.8. The molecular formula is C22H27ClN6O2S. The van der Waals surface area contributed by atoms with Gasteiger partial charge in [0, 0.05) is 37.7 Å². The van der Waals surface area contributed by atoms with Crippen LogP contribution in [0.1, 0.15) is 17.5 Å². The summed E-state index contributed by atoms with van der Waals surface area (Å²) in [7, 11) is 1.63. The maximum Gasteiger partial charge on any atom is 0.321 e. The first-order valence-electron chi connectivity index (χ1n) is 10.5. The SMILES string of the molecule is COc1ccc(NC(=O)N2CCN(c3nc(N)nc4scc(CCCCl)c34)CC2)c(C)c1. The number of urea groups is 1. The standard InChI is InChI=1S/C22H27ClN6O2S/c1-14-12-16(31-2)5-6-17(14)25-22(30)29-10-8-28(9-11-29)19-18-15(4-3-7-23)13-32-20(18)27-21(24)26-19/h5-6,12-13H,3-4,7-11H2,1-2H3,(H,25,30)(H2,24,26,27). The summed E-state index contributed by atoms with van der Waals surface area (Å²) >= 11 is 7.49. The number of hydrogen-bond acceptors (Lipinski definition) is 7. The number of rotatable bonds is 6. The van der Waals surface area contributed by atoms with Crippen molar-refractivity contribution < 1.29 is 9.53 Å². The molecule has 2 aromatic heterocycles. The second-order valence-electron chi connectivity index (χ2n) is 7.72. The Kier molecular flexibility index (Phi) is 6.86. The summed E-state index contributed by atoms with van der Waals surface area (Å²) in [6.45, 7) is 4.47. The molecule has 1 fully saturated rings. The number of alkyl halides is 1. The minimum Gasteiger partial charge on any atom is -0.497 e. The molecule has 170 valence electrons. The first kappa shape index (κ1) is 22.4. The second-order valence-corrected chi connectivity index (χ2v) is 8.96. The van der Waals surface area contributed by atoms with Crippen molar-refractivity contribution in [2.45, 2.75) is 19.8 Å². The van der Waals surface area contributed by atoms with Gasteiger partial charge in [-0.2, -0.15) is 4.98 Å². The van der Waals surface area contributed by atoms with Gasteiger partial charge in [-0.15, -0.1) is 22.9 Å². The number of carbonyl (C=O) groups excluding carboxylic acids is 1. The number of nitrogen functional groups attached to an aromatic ring is 1. The van der Waals surface area contributed by atoms with Crippen LogP contribution in [0.15, 0.2) is 23.6 Å². The van der Waals surface area contributed by atoms with Crippen LogP contribution in [0.2, 0.25) is 0 Å². The van der Waals surface area contributed by atoms with Gasteiger partial charge in [0.15, 0.2) is 0 Å². The van der Waals surface area contributed by atoms with Crippen LogP contribution in [0.4, 0.5) is 22.2 Å². The van der Waals surface area contributed by atoms with Crippen LogP contribution in [0.25, 0.3) is 10.2 Å². The van der Waals surface area contributed by atoms with Gasteiger partial charge >= 0.3 is 6.03 Å². The monoisotopic (exact) mass is 474 g/mol. The molecule has 2 amide bonds. The van der Waals surface area contributed by atoms with E-state index in [0.29, 0.717) is 32.1 Å². The number of fused-ring (bicyclic) bond motifs is 1. The molecule has 4 rings (SSSR count). The molecular weight excluding hydrogens is 448 g/mol. The van der Waals surface area contributed by atoms with Gasteiger partial charge in [0.25, 0.3) is 0 Å². The lowest BCUT2D eigenvalue weighted by atomic mass is 10.1. The van der Waals surface area contributed by atoms with Crippen molar-refractivity contribution in [2.24, 2.45) is 0 Å². The first-order valence-corrected chi connectivity index (χ1v) is 12.0. The Morgan fingerprint density at radius 3 is 2.75 bits per heavy atom. The van der Waals surface area contributed by atoms with E-state index < -0.39 is 0 Å². The van der Waals surface area contributed by atoms with E-state index in [4.69, 9.17) is 22.1 Å². The molecule has 0 saturated carbocycles. The van der Waals surface area contributed by atoms with Crippen LogP contribution in [0.5, 0.6) is 5.75 Å². The van der Waals surface area contributed by atoms with E-state index in [0.717, 1.165) is 45.9 Å². The lowest BCUT2D eigenvalue weighted by molar-refractivity contribution is 0.208. The molecule has 0 radical (unpaired) electrons. The number of amides is 2. The van der Waals surface area contributed by atoms with Gasteiger partial charge in [-0.25, -0.2) is 9.78 Å². The predicted molar refractivity (Wildman–Crippen MR) is 131 cm³/mol. The first-order chi connectivity index (χ1) is 15.5. The Labute approximate surface area is 196 Å². The lowest BCUT2D eigenvalue weighted by Crippen LogP contribution is -2.50. The van der Waals surface area contributed by atoms with Crippen molar-refractivity contribution in [1.82, 2.24) is 14.9 Å². The Balaban J connectivity index is 1.46. The number of ether oxygens (including phenoxy) is 1. The number of piperazine rings is 1. The Bertz CT molecular complexity index is 1110. The summed E-state index contributed by atoms with van der Waals surface area (Å²) in [6.07, 6.45) is 1.78. The van der Waals surface area contributed by atoms with Crippen molar-refractivity contribution in [3.63, 3.8) is 0 Å². The van der Waals surface area contributed by atoms with Gasteiger partial charge in [0.1, 0.15) is 16.4 Å². The molecule has 3 aromatic rings. The van der Waals surface area contributed by atoms with E-state index in [1.807, 2.05) is 30.0 Å². The molecule has 3 heterocycles. The van der Waals surface area contributed by atoms with Crippen molar-refractivity contribution in [1.29, 1.82) is 0 Å². The smallest absolute Gasteiger partial charge is 0.321 e. The van der Waals surface area contributed by atoms with Crippen LogP contribution in [0.3, 0.4) is 0 Å². The zero-order chi connectivity index (χ0) is 22.7. The number of nitrogens with two attached hydrogens (primary N) is 1. The van der Waals surface area contributed by atoms with Gasteiger partial charge in [0.2, 0.25) is 5.95 Å². The quantitative estimate of drug-likeness (QED) is 0.522. The van der Waals surface area contributed by atoms with Gasteiger partial charge in [0.05, 0.1) is 12.5 Å². The van der Waals surface area contributed by atoms with Gasteiger partial charge < -0.3 is 25.6 Å². The van der Waals surface area contributed by atoms with Gasteiger partial charge in [-0.1, -0.05) is 0 Å². The molecule has 0 bridgehead atoms. The molecule has 1 aromatic carbocycles. The number of thiophene rings is 1. The highest BCUT2D eigenvalue weighted by atomic mass is 35.5. The van der Waals surface area contributed by atoms with E-state index in [1.165, 1.54) is 5.56 Å². The number of methoxy groups -OCH3 is 1. The average Bonchev–Trinajstić information content (AvgIpc) is 3.21. The molecule has 0 spiro atoms. The molecule has 3 N–H and O–H groups in total. The van der Waals surface area contributed by atoms with E-state index in [2.05, 4.69) is 25.6 Å². The zero-order valence-electron chi connectivity index (χ0n) is 18.2. The molecule has 1 aliphatic rings. The Morgan fingerprint density at radius 1 is 1.28 bits per heavy atom. The van der Waals surface area contributed by atoms with Crippen LogP contribution in [0, 0.1) is 6.92 Å². The largest absolute Gasteiger partial charge is 0.497 e. The van der Waals surface area contributed by atoms with Crippen molar-refractivity contribution in [3.05, 3.63) is 34.7 Å². The number of nitrogens with zero attached hydrogens (tertiary/aromatic N) is 4. The summed E-state index contributed by atoms with van der Waals surface area (Å²) in [6, 6.07) is 5.50. The topological polar surface area (TPSA) is 96.6 Å². The minimum absolute atomic E-state index is 0.108. The summed E-state index contributed by atoms with van der Waals surface area (Å²) in [4.78, 5) is 26.7. The second kappa shape index (κ2) is 9.79. The number of carbonyl (C=O) groups is 1. The van der Waals surface area contributed by atoms with Crippen LogP contribution >= 0.6 is 22.9 Å². The molecule has 0 unspecified atom stereocenters. The van der Waals surface area contributed by atoms with Crippen molar-refractivity contribution in [2.75, 3.05) is 55.1 Å². The molecule has 0 aliphatic carbocycles. The molecule has 10 heteroatoms. The van der Waals surface area contributed by atoms with Crippen molar-refractivity contribution >= 4 is 56.6 Å². The fraction of sp³-hybridized carbons (Fsp3) is 0.409. The number of aryl methyl sites for hydroxylation is 2. The average molecular weight is 475 g/mol. The van der Waals surface area contributed by atoms with E-state index in [1.54, 1.807) is 18.4 Å². The van der Waals surface area contributed by atoms with Crippen LogP contribution in [-0.4, -0.2) is 60.1 Å². The van der Waals surface area contributed by atoms with E-state index in [-0.39, 0.29) is 12.0 Å². The highest BCUT2D eigenvalue weighted by Gasteiger charge is 2.25. The minimum atomic E-state index is -0.108. The number of hydrogen-bond donors (Lipinski definition) is 2. The normalized spacial score (nSPS) is 14.1. The van der Waals surface area contributed by atoms with Crippen LogP contribution < -0.4 is 20.7 Å². The third-order valence-electron chi connectivity index (χ3n) is 5.63. The van der Waals surface area contributed by atoms with Gasteiger partial charge in [-0.05, 0) is 54.5 Å². The third kappa shape index (κ3) is 4.68. The summed E-state index contributed by atoms with van der Waals surface area (Å²) in [5.41, 5.74) is 8.93. The van der Waals surface area contributed by atoms with Gasteiger partial charge in [-0.3, -0.25) is 0 Å².